The first-order valence-corrected chi connectivity index (χ1v) is 9.21. The lowest BCUT2D eigenvalue weighted by Gasteiger charge is -2.07. The first-order valence-electron chi connectivity index (χ1n) is 6.78. The molecule has 0 amide bonds. The molecule has 0 spiro atoms. The van der Waals surface area contributed by atoms with E-state index in [-0.39, 0.29) is 0 Å². The van der Waals surface area contributed by atoms with E-state index in [1.165, 1.54) is 14.5 Å². The Morgan fingerprint density at radius 2 is 1.36 bits per heavy atom. The zero-order valence-electron chi connectivity index (χ0n) is 11.7. The lowest BCUT2D eigenvalue weighted by Crippen LogP contribution is -1.90. The van der Waals surface area contributed by atoms with Crippen LogP contribution in [0, 0.1) is 0 Å². The van der Waals surface area contributed by atoms with Crippen molar-refractivity contribution < 1.29 is 0 Å². The summed E-state index contributed by atoms with van der Waals surface area (Å²) in [5.74, 6) is 0. The third-order valence-electron chi connectivity index (χ3n) is 3.47. The molecular formula is C16H10BBrN2S2. The van der Waals surface area contributed by atoms with E-state index in [1.807, 2.05) is 0 Å². The maximum absolute atomic E-state index is 4.60. The van der Waals surface area contributed by atoms with Crippen LogP contribution in [0.15, 0.2) is 52.6 Å². The molecule has 0 unspecified atom stereocenters. The minimum atomic E-state index is 0.959. The van der Waals surface area contributed by atoms with Gasteiger partial charge in [-0.05, 0) is 38.9 Å². The highest BCUT2D eigenvalue weighted by Crippen LogP contribution is 2.38. The van der Waals surface area contributed by atoms with Crippen LogP contribution in [0.4, 0.5) is 0 Å². The van der Waals surface area contributed by atoms with Crippen molar-refractivity contribution in [1.82, 2.24) is 9.97 Å². The van der Waals surface area contributed by atoms with E-state index in [2.05, 4.69) is 70.1 Å². The van der Waals surface area contributed by atoms with Gasteiger partial charge >= 0.3 is 0 Å². The maximum Gasteiger partial charge on any atom is 0.152 e. The summed E-state index contributed by atoms with van der Waals surface area (Å²) in [7, 11) is 2.12. The van der Waals surface area contributed by atoms with Gasteiger partial charge in [0.05, 0.1) is 14.8 Å². The molecule has 0 aliphatic rings. The molecule has 0 aliphatic carbocycles. The van der Waals surface area contributed by atoms with Gasteiger partial charge in [0.2, 0.25) is 0 Å². The van der Waals surface area contributed by atoms with Crippen molar-refractivity contribution in [2.75, 3.05) is 0 Å². The highest BCUT2D eigenvalue weighted by atomic mass is 79.9. The molecule has 0 radical (unpaired) electrons. The zero-order valence-corrected chi connectivity index (χ0v) is 14.9. The highest BCUT2D eigenvalue weighted by Gasteiger charge is 2.13. The van der Waals surface area contributed by atoms with Gasteiger partial charge in [0.15, 0.2) is 7.85 Å². The summed E-state index contributed by atoms with van der Waals surface area (Å²) in [6, 6.07) is 12.8. The second-order valence-electron chi connectivity index (χ2n) is 4.93. The fourth-order valence-corrected chi connectivity index (χ4v) is 4.80. The smallest absolute Gasteiger partial charge is 0.152 e. The fourth-order valence-electron chi connectivity index (χ4n) is 2.49. The number of nitrogens with zero attached hydrogens (tertiary/aromatic N) is 2. The van der Waals surface area contributed by atoms with E-state index in [9.17, 15) is 0 Å². The molecule has 6 heteroatoms. The molecule has 0 saturated heterocycles. The predicted octanol–water partition coefficient (Wildman–Crippen LogP) is 4.11. The summed E-state index contributed by atoms with van der Waals surface area (Å²) in [6.07, 6.45) is 3.53. The highest BCUT2D eigenvalue weighted by molar-refractivity contribution is 9.11. The lowest BCUT2D eigenvalue weighted by molar-refractivity contribution is 1.30. The van der Waals surface area contributed by atoms with Gasteiger partial charge in [-0.3, -0.25) is 9.97 Å². The van der Waals surface area contributed by atoms with Crippen molar-refractivity contribution in [1.29, 1.82) is 0 Å². The Hall–Kier alpha value is -1.50. The third kappa shape index (κ3) is 2.41. The number of hydrogen-bond donors (Lipinski definition) is 0. The van der Waals surface area contributed by atoms with Gasteiger partial charge in [0.1, 0.15) is 0 Å². The van der Waals surface area contributed by atoms with E-state index in [4.69, 9.17) is 0 Å². The number of fused-ring (bicyclic) bond motifs is 1. The van der Waals surface area contributed by atoms with Crippen molar-refractivity contribution in [2.24, 2.45) is 0 Å². The number of aromatic nitrogens is 2. The minimum Gasteiger partial charge on any atom is -0.252 e. The Balaban J connectivity index is 1.99. The first-order chi connectivity index (χ1) is 10.7. The van der Waals surface area contributed by atoms with E-state index in [0.29, 0.717) is 0 Å². The van der Waals surface area contributed by atoms with Gasteiger partial charge < -0.3 is 0 Å². The van der Waals surface area contributed by atoms with E-state index in [0.717, 1.165) is 25.9 Å². The van der Waals surface area contributed by atoms with Crippen LogP contribution in [0.1, 0.15) is 0 Å². The predicted molar refractivity (Wildman–Crippen MR) is 102 cm³/mol. The van der Waals surface area contributed by atoms with Gasteiger partial charge in [0.25, 0.3) is 0 Å². The molecule has 0 N–H and O–H groups in total. The molecule has 0 aliphatic heterocycles. The number of halogens is 1. The SMILES string of the molecule is Bc1ccc(-c2ccc(-c3ccc(Br)s3)c3nccnc23)s1. The Morgan fingerprint density at radius 3 is 1.86 bits per heavy atom. The van der Waals surface area contributed by atoms with Gasteiger partial charge in [-0.25, -0.2) is 0 Å². The van der Waals surface area contributed by atoms with Crippen LogP contribution < -0.4 is 4.78 Å². The second kappa shape index (κ2) is 5.61. The molecule has 0 bridgehead atoms. The largest absolute Gasteiger partial charge is 0.252 e. The van der Waals surface area contributed by atoms with Crippen LogP contribution in [0.3, 0.4) is 0 Å². The molecule has 0 fully saturated rings. The molecule has 0 atom stereocenters. The minimum absolute atomic E-state index is 0.959. The summed E-state index contributed by atoms with van der Waals surface area (Å²) < 4.78 is 2.43. The van der Waals surface area contributed by atoms with Crippen molar-refractivity contribution in [3.63, 3.8) is 0 Å². The van der Waals surface area contributed by atoms with E-state index in [1.54, 1.807) is 35.1 Å². The summed E-state index contributed by atoms with van der Waals surface area (Å²) in [4.78, 5) is 11.6. The Morgan fingerprint density at radius 1 is 0.773 bits per heavy atom. The fraction of sp³-hybridized carbons (Fsp3) is 0. The zero-order chi connectivity index (χ0) is 15.1. The van der Waals surface area contributed by atoms with Crippen LogP contribution in [-0.4, -0.2) is 17.8 Å². The van der Waals surface area contributed by atoms with Gasteiger partial charge in [-0.15, -0.1) is 11.3 Å². The van der Waals surface area contributed by atoms with Crippen LogP contribution in [0.25, 0.3) is 31.9 Å². The number of hydrogen-bond acceptors (Lipinski definition) is 4. The lowest BCUT2D eigenvalue weighted by atomic mass is 10.0. The molecule has 4 rings (SSSR count). The molecule has 3 heterocycles. The van der Waals surface area contributed by atoms with Crippen molar-refractivity contribution in [3.8, 4) is 20.9 Å². The second-order valence-corrected chi connectivity index (χ2v) is 8.68. The average Bonchev–Trinajstić information content (AvgIpc) is 3.15. The first kappa shape index (κ1) is 14.1. The number of rotatable bonds is 2. The average molecular weight is 385 g/mol. The van der Waals surface area contributed by atoms with Crippen molar-refractivity contribution in [2.45, 2.75) is 0 Å². The molecule has 106 valence electrons. The Bertz CT molecular complexity index is 898. The van der Waals surface area contributed by atoms with E-state index >= 15 is 0 Å². The van der Waals surface area contributed by atoms with Gasteiger partial charge in [0, 0.05) is 33.3 Å². The van der Waals surface area contributed by atoms with Crippen LogP contribution in [0.2, 0.25) is 0 Å². The molecular weight excluding hydrogens is 375 g/mol. The standard InChI is InChI=1S/C16H10BBrN2S2/c17-13-5-3-11(21-13)9-1-2-10(12-4-6-14(18)22-12)16-15(9)19-7-8-20-16/h1-8H,17H2. The summed E-state index contributed by atoms with van der Waals surface area (Å²) in [6.45, 7) is 0. The normalized spacial score (nSPS) is 11.1. The van der Waals surface area contributed by atoms with Crippen LogP contribution in [0.5, 0.6) is 0 Å². The molecule has 3 aromatic heterocycles. The molecule has 22 heavy (non-hydrogen) atoms. The topological polar surface area (TPSA) is 25.8 Å². The summed E-state index contributed by atoms with van der Waals surface area (Å²) in [5, 5.41) is 0. The molecule has 4 aromatic rings. The Labute approximate surface area is 145 Å². The number of thiophene rings is 2. The van der Waals surface area contributed by atoms with Crippen LogP contribution in [-0.2, 0) is 0 Å². The molecule has 1 aromatic carbocycles. The van der Waals surface area contributed by atoms with Crippen LogP contribution >= 0.6 is 38.6 Å². The monoisotopic (exact) mass is 384 g/mol. The van der Waals surface area contributed by atoms with Crippen molar-refractivity contribution >= 4 is 62.3 Å². The van der Waals surface area contributed by atoms with Crippen molar-refractivity contribution in [3.05, 3.63) is 52.6 Å². The maximum atomic E-state index is 4.60. The van der Waals surface area contributed by atoms with Gasteiger partial charge in [-0.1, -0.05) is 18.2 Å². The summed E-state index contributed by atoms with van der Waals surface area (Å²) in [5.41, 5.74) is 4.21. The molecule has 2 nitrogen and oxygen atoms in total. The third-order valence-corrected chi connectivity index (χ3v) is 6.16. The quantitative estimate of drug-likeness (QED) is 0.486. The number of benzene rings is 1. The van der Waals surface area contributed by atoms with Gasteiger partial charge in [-0.2, -0.15) is 11.3 Å². The molecule has 0 saturated carbocycles. The summed E-state index contributed by atoms with van der Waals surface area (Å²) >= 11 is 7.03. The Kier molecular flexibility index (Phi) is 3.60. The van der Waals surface area contributed by atoms with E-state index < -0.39 is 0 Å².